The number of nitrogens with zero attached hydrogens (tertiary/aromatic N) is 1. The molecule has 1 fully saturated rings. The minimum atomic E-state index is -4.12. The van der Waals surface area contributed by atoms with E-state index in [1.54, 1.807) is 0 Å². The summed E-state index contributed by atoms with van der Waals surface area (Å²) in [6.45, 7) is -0.282. The lowest BCUT2D eigenvalue weighted by molar-refractivity contribution is 0.371. The van der Waals surface area contributed by atoms with Gasteiger partial charge in [0.2, 0.25) is 10.0 Å². The van der Waals surface area contributed by atoms with Crippen LogP contribution in [0.3, 0.4) is 0 Å². The Bertz CT molecular complexity index is 830. The fourth-order valence-corrected chi connectivity index (χ4v) is 6.21. The zero-order valence-electron chi connectivity index (χ0n) is 11.4. The summed E-state index contributed by atoms with van der Waals surface area (Å²) in [5, 5.41) is -0.275. The summed E-state index contributed by atoms with van der Waals surface area (Å²) in [5.74, 6) is 1.17. The molecule has 2 rings (SSSR count). The molecule has 1 atom stereocenters. The van der Waals surface area contributed by atoms with Gasteiger partial charge < -0.3 is 0 Å². The molecule has 1 aliphatic heterocycles. The largest absolute Gasteiger partial charge is 0.245 e. The molecular weight excluding hydrogens is 353 g/mol. The maximum Gasteiger partial charge on any atom is 0.245 e. The first-order valence-electron chi connectivity index (χ1n) is 6.28. The second-order valence-electron chi connectivity index (χ2n) is 4.89. The van der Waals surface area contributed by atoms with Crippen molar-refractivity contribution in [2.75, 3.05) is 18.1 Å². The second-order valence-corrected chi connectivity index (χ2v) is 9.38. The summed E-state index contributed by atoms with van der Waals surface area (Å²) in [7, 11) is -7.40. The summed E-state index contributed by atoms with van der Waals surface area (Å²) < 4.78 is 62.5. The smallest absolute Gasteiger partial charge is 0.229 e. The highest BCUT2D eigenvalue weighted by Crippen LogP contribution is 2.29. The summed E-state index contributed by atoms with van der Waals surface area (Å²) in [6.07, 6.45) is 5.37. The van der Waals surface area contributed by atoms with Gasteiger partial charge in [0, 0.05) is 6.04 Å². The SMILES string of the molecule is C#CCN(C1CCS(=O)(=O)C1)S(=O)(=O)c1ccc(F)cc1Cl. The first kappa shape index (κ1) is 17.2. The molecule has 1 unspecified atom stereocenters. The van der Waals surface area contributed by atoms with Gasteiger partial charge in [0.05, 0.1) is 23.1 Å². The first-order chi connectivity index (χ1) is 10.2. The van der Waals surface area contributed by atoms with Crippen molar-refractivity contribution in [2.24, 2.45) is 0 Å². The Kier molecular flexibility index (Phi) is 4.82. The minimum absolute atomic E-state index is 0.0919. The van der Waals surface area contributed by atoms with E-state index in [2.05, 4.69) is 5.92 Å². The normalized spacial score (nSPS) is 20.9. The highest BCUT2D eigenvalue weighted by Gasteiger charge is 2.39. The molecule has 0 N–H and O–H groups in total. The van der Waals surface area contributed by atoms with E-state index >= 15 is 0 Å². The predicted molar refractivity (Wildman–Crippen MR) is 81.2 cm³/mol. The van der Waals surface area contributed by atoms with Crippen molar-refractivity contribution in [1.82, 2.24) is 4.31 Å². The van der Waals surface area contributed by atoms with Gasteiger partial charge in [0.1, 0.15) is 10.7 Å². The molecule has 0 spiro atoms. The number of hydrogen-bond donors (Lipinski definition) is 0. The fourth-order valence-electron chi connectivity index (χ4n) is 2.31. The van der Waals surface area contributed by atoms with Gasteiger partial charge in [-0.2, -0.15) is 4.31 Å². The van der Waals surface area contributed by atoms with Crippen LogP contribution in [-0.2, 0) is 19.9 Å². The topological polar surface area (TPSA) is 71.5 Å². The molecule has 0 saturated carbocycles. The summed E-state index contributed by atoms with van der Waals surface area (Å²) >= 11 is 5.81. The van der Waals surface area contributed by atoms with Gasteiger partial charge in [-0.1, -0.05) is 17.5 Å². The fraction of sp³-hybridized carbons (Fsp3) is 0.385. The first-order valence-corrected chi connectivity index (χ1v) is 9.92. The lowest BCUT2D eigenvalue weighted by atomic mass is 10.3. The molecule has 0 amide bonds. The number of rotatable bonds is 4. The molecule has 0 aliphatic carbocycles. The van der Waals surface area contributed by atoms with Crippen LogP contribution in [0.15, 0.2) is 23.1 Å². The number of terminal acetylenes is 1. The van der Waals surface area contributed by atoms with Crippen LogP contribution in [0.2, 0.25) is 5.02 Å². The third-order valence-electron chi connectivity index (χ3n) is 3.34. The summed E-state index contributed by atoms with van der Waals surface area (Å²) in [6, 6.07) is 2.15. The highest BCUT2D eigenvalue weighted by molar-refractivity contribution is 7.92. The molecule has 0 bridgehead atoms. The van der Waals surface area contributed by atoms with Gasteiger partial charge in [0.15, 0.2) is 9.84 Å². The summed E-state index contributed by atoms with van der Waals surface area (Å²) in [5.41, 5.74) is 0. The molecule has 1 aromatic carbocycles. The van der Waals surface area contributed by atoms with Crippen molar-refractivity contribution < 1.29 is 21.2 Å². The minimum Gasteiger partial charge on any atom is -0.229 e. The van der Waals surface area contributed by atoms with Crippen LogP contribution in [0.5, 0.6) is 0 Å². The zero-order chi connectivity index (χ0) is 16.5. The van der Waals surface area contributed by atoms with Crippen molar-refractivity contribution in [3.8, 4) is 12.3 Å². The van der Waals surface area contributed by atoms with Gasteiger partial charge in [-0.15, -0.1) is 6.42 Å². The molecule has 1 heterocycles. The highest BCUT2D eigenvalue weighted by atomic mass is 35.5. The Hall–Kier alpha value is -1.14. The Morgan fingerprint density at radius 1 is 1.45 bits per heavy atom. The molecule has 120 valence electrons. The van der Waals surface area contributed by atoms with Crippen molar-refractivity contribution in [1.29, 1.82) is 0 Å². The van der Waals surface area contributed by atoms with Crippen molar-refractivity contribution in [3.05, 3.63) is 29.0 Å². The third-order valence-corrected chi connectivity index (χ3v) is 7.47. The maximum absolute atomic E-state index is 13.1. The maximum atomic E-state index is 13.1. The lowest BCUT2D eigenvalue weighted by Crippen LogP contribution is -2.41. The molecule has 22 heavy (non-hydrogen) atoms. The van der Waals surface area contributed by atoms with Gasteiger partial charge in [-0.25, -0.2) is 21.2 Å². The van der Waals surface area contributed by atoms with Crippen molar-refractivity contribution in [3.63, 3.8) is 0 Å². The number of hydrogen-bond acceptors (Lipinski definition) is 4. The predicted octanol–water partition coefficient (Wildman–Crippen LogP) is 1.29. The molecule has 0 radical (unpaired) electrons. The van der Waals surface area contributed by atoms with E-state index in [4.69, 9.17) is 18.0 Å². The average molecular weight is 366 g/mol. The Balaban J connectivity index is 2.45. The zero-order valence-corrected chi connectivity index (χ0v) is 13.8. The number of benzene rings is 1. The Morgan fingerprint density at radius 2 is 2.14 bits per heavy atom. The van der Waals surface area contributed by atoms with Crippen LogP contribution in [-0.4, -0.2) is 45.2 Å². The van der Waals surface area contributed by atoms with E-state index in [1.165, 1.54) is 0 Å². The Labute approximate surface area is 134 Å². The average Bonchev–Trinajstić information content (AvgIpc) is 2.75. The van der Waals surface area contributed by atoms with Gasteiger partial charge >= 0.3 is 0 Å². The molecule has 9 heteroatoms. The van der Waals surface area contributed by atoms with Crippen molar-refractivity contribution >= 4 is 31.5 Å². The van der Waals surface area contributed by atoms with E-state index in [1.807, 2.05) is 0 Å². The molecule has 5 nitrogen and oxygen atoms in total. The van der Waals surface area contributed by atoms with Gasteiger partial charge in [-0.3, -0.25) is 0 Å². The van der Waals surface area contributed by atoms with Crippen LogP contribution in [0.25, 0.3) is 0 Å². The van der Waals surface area contributed by atoms with Crippen LogP contribution in [0.1, 0.15) is 6.42 Å². The quantitative estimate of drug-likeness (QED) is 0.754. The Morgan fingerprint density at radius 3 is 2.64 bits per heavy atom. The lowest BCUT2D eigenvalue weighted by Gasteiger charge is -2.25. The van der Waals surface area contributed by atoms with Crippen molar-refractivity contribution in [2.45, 2.75) is 17.4 Å². The standard InChI is InChI=1S/C13H13ClFNO4S2/c1-2-6-16(11-5-7-21(17,18)9-11)22(19,20)13-4-3-10(15)8-12(13)14/h1,3-4,8,11H,5-7,9H2. The number of halogens is 2. The number of sulfone groups is 1. The van der Waals surface area contributed by atoms with Crippen LogP contribution in [0, 0.1) is 18.2 Å². The molecule has 1 aliphatic rings. The third kappa shape index (κ3) is 3.43. The monoisotopic (exact) mass is 365 g/mol. The molecule has 1 saturated heterocycles. The van der Waals surface area contributed by atoms with Crippen LogP contribution in [0.4, 0.5) is 4.39 Å². The molecule has 0 aromatic heterocycles. The van der Waals surface area contributed by atoms with Crippen LogP contribution < -0.4 is 0 Å². The second kappa shape index (κ2) is 6.16. The van der Waals surface area contributed by atoms with E-state index in [0.29, 0.717) is 0 Å². The van der Waals surface area contributed by atoms with Gasteiger partial charge in [0.25, 0.3) is 0 Å². The molecule has 1 aromatic rings. The summed E-state index contributed by atoms with van der Waals surface area (Å²) in [4.78, 5) is -0.296. The van der Waals surface area contributed by atoms with Gasteiger partial charge in [-0.05, 0) is 24.6 Å². The van der Waals surface area contributed by atoms with E-state index in [-0.39, 0.29) is 34.4 Å². The van der Waals surface area contributed by atoms with E-state index in [9.17, 15) is 21.2 Å². The number of sulfonamides is 1. The van der Waals surface area contributed by atoms with E-state index < -0.39 is 31.7 Å². The van der Waals surface area contributed by atoms with E-state index in [0.717, 1.165) is 22.5 Å². The molecular formula is C13H13ClFNO4S2. The van der Waals surface area contributed by atoms with Crippen LogP contribution >= 0.6 is 11.6 Å².